The van der Waals surface area contributed by atoms with Crippen molar-refractivity contribution < 1.29 is 19.0 Å². The first-order valence-electron chi connectivity index (χ1n) is 9.20. The molecule has 0 spiro atoms. The minimum absolute atomic E-state index is 0.282. The Morgan fingerprint density at radius 1 is 0.900 bits per heavy atom. The van der Waals surface area contributed by atoms with Gasteiger partial charge in [-0.05, 0) is 36.4 Å². The lowest BCUT2D eigenvalue weighted by Crippen LogP contribution is -2.12. The smallest absolute Gasteiger partial charge is 0.255 e. The van der Waals surface area contributed by atoms with Gasteiger partial charge in [-0.25, -0.2) is 4.98 Å². The number of nitrogens with zero attached hydrogens (tertiary/aromatic N) is 1. The maximum atomic E-state index is 12.9. The number of thiazole rings is 1. The number of ether oxygens (including phenoxy) is 3. The monoisotopic (exact) mass is 420 g/mol. The van der Waals surface area contributed by atoms with Gasteiger partial charge >= 0.3 is 0 Å². The van der Waals surface area contributed by atoms with Gasteiger partial charge in [-0.2, -0.15) is 0 Å². The summed E-state index contributed by atoms with van der Waals surface area (Å²) in [4.78, 5) is 17.5. The highest BCUT2D eigenvalue weighted by atomic mass is 32.1. The topological polar surface area (TPSA) is 69.7 Å². The molecule has 0 bridgehead atoms. The summed E-state index contributed by atoms with van der Waals surface area (Å²) < 4.78 is 17.1. The van der Waals surface area contributed by atoms with Crippen molar-refractivity contribution in [2.45, 2.75) is 0 Å². The number of para-hydroxylation sites is 1. The molecule has 0 unspecified atom stereocenters. The Morgan fingerprint density at radius 2 is 1.63 bits per heavy atom. The van der Waals surface area contributed by atoms with E-state index in [1.54, 1.807) is 23.5 Å². The van der Waals surface area contributed by atoms with Crippen LogP contribution in [0.15, 0.2) is 60.7 Å². The molecule has 0 aliphatic rings. The van der Waals surface area contributed by atoms with Gasteiger partial charge in [0.1, 0.15) is 5.01 Å². The highest BCUT2D eigenvalue weighted by molar-refractivity contribution is 7.21. The molecule has 0 fully saturated rings. The lowest BCUT2D eigenvalue weighted by Gasteiger charge is -2.14. The summed E-state index contributed by atoms with van der Waals surface area (Å²) in [7, 11) is 4.55. The van der Waals surface area contributed by atoms with Gasteiger partial charge in [0.25, 0.3) is 5.91 Å². The van der Waals surface area contributed by atoms with E-state index in [-0.39, 0.29) is 5.91 Å². The number of benzene rings is 3. The number of nitrogens with one attached hydrogen (secondary N) is 1. The van der Waals surface area contributed by atoms with Crippen LogP contribution < -0.4 is 19.5 Å². The van der Waals surface area contributed by atoms with Crippen LogP contribution in [-0.2, 0) is 0 Å². The van der Waals surface area contributed by atoms with Crippen LogP contribution in [0.3, 0.4) is 0 Å². The summed E-state index contributed by atoms with van der Waals surface area (Å²) in [6.45, 7) is 0. The average Bonchev–Trinajstić information content (AvgIpc) is 3.22. The quantitative estimate of drug-likeness (QED) is 0.462. The molecule has 0 radical (unpaired) electrons. The zero-order valence-corrected chi connectivity index (χ0v) is 17.6. The second-order valence-corrected chi connectivity index (χ2v) is 7.47. The highest BCUT2D eigenvalue weighted by Gasteiger charge is 2.17. The van der Waals surface area contributed by atoms with Crippen LogP contribution >= 0.6 is 11.3 Å². The molecule has 0 aliphatic carbocycles. The third-order valence-electron chi connectivity index (χ3n) is 4.59. The Hall–Kier alpha value is -3.58. The van der Waals surface area contributed by atoms with E-state index in [0.29, 0.717) is 28.5 Å². The number of fused-ring (bicyclic) bond motifs is 1. The lowest BCUT2D eigenvalue weighted by molar-refractivity contribution is 0.102. The van der Waals surface area contributed by atoms with E-state index in [1.165, 1.54) is 21.3 Å². The molecule has 3 aromatic carbocycles. The van der Waals surface area contributed by atoms with Gasteiger partial charge in [0.2, 0.25) is 5.75 Å². The molecule has 1 amide bonds. The van der Waals surface area contributed by atoms with Crippen molar-refractivity contribution in [1.82, 2.24) is 4.98 Å². The molecule has 30 heavy (non-hydrogen) atoms. The zero-order valence-electron chi connectivity index (χ0n) is 16.8. The minimum atomic E-state index is -0.282. The largest absolute Gasteiger partial charge is 0.493 e. The molecule has 0 atom stereocenters. The van der Waals surface area contributed by atoms with Crippen molar-refractivity contribution in [3.63, 3.8) is 0 Å². The number of aromatic nitrogens is 1. The molecular weight excluding hydrogens is 400 g/mol. The van der Waals surface area contributed by atoms with Crippen LogP contribution in [0.5, 0.6) is 17.2 Å². The third kappa shape index (κ3) is 3.79. The number of hydrogen-bond donors (Lipinski definition) is 1. The minimum Gasteiger partial charge on any atom is -0.493 e. The SMILES string of the molecule is COc1cc(C(=O)Nc2cccc(-c3nc4ccccc4s3)c2)cc(OC)c1OC. The normalized spacial score (nSPS) is 10.6. The zero-order chi connectivity index (χ0) is 21.1. The molecule has 6 nitrogen and oxygen atoms in total. The Morgan fingerprint density at radius 3 is 2.30 bits per heavy atom. The molecule has 1 aromatic heterocycles. The molecule has 0 saturated carbocycles. The molecule has 0 aliphatic heterocycles. The molecule has 4 aromatic rings. The Bertz CT molecular complexity index is 1160. The average molecular weight is 420 g/mol. The van der Waals surface area contributed by atoms with Crippen molar-refractivity contribution >= 4 is 33.1 Å². The molecule has 7 heteroatoms. The van der Waals surface area contributed by atoms with Crippen molar-refractivity contribution in [2.24, 2.45) is 0 Å². The second kappa shape index (κ2) is 8.42. The summed E-state index contributed by atoms with van der Waals surface area (Å²) in [5.74, 6) is 1.00. The molecule has 0 saturated heterocycles. The van der Waals surface area contributed by atoms with E-state index in [2.05, 4.69) is 10.3 Å². The predicted molar refractivity (Wildman–Crippen MR) is 119 cm³/mol. The second-order valence-electron chi connectivity index (χ2n) is 6.44. The first kappa shape index (κ1) is 19.7. The van der Waals surface area contributed by atoms with E-state index in [9.17, 15) is 4.79 Å². The van der Waals surface area contributed by atoms with Gasteiger partial charge in [-0.15, -0.1) is 11.3 Å². The standard InChI is InChI=1S/C23H20N2O4S/c1-27-18-12-15(13-19(28-2)21(18)29-3)22(26)24-16-8-6-7-14(11-16)23-25-17-9-4-5-10-20(17)30-23/h4-13H,1-3H3,(H,24,26). The molecule has 152 valence electrons. The number of hydrogen-bond acceptors (Lipinski definition) is 6. The van der Waals surface area contributed by atoms with Crippen LogP contribution in [0.2, 0.25) is 0 Å². The van der Waals surface area contributed by atoms with Crippen molar-refractivity contribution in [3.8, 4) is 27.8 Å². The Balaban J connectivity index is 1.62. The molecule has 1 N–H and O–H groups in total. The third-order valence-corrected chi connectivity index (χ3v) is 5.67. The van der Waals surface area contributed by atoms with Crippen LogP contribution in [-0.4, -0.2) is 32.2 Å². The van der Waals surface area contributed by atoms with Gasteiger partial charge in [0.15, 0.2) is 11.5 Å². The van der Waals surface area contributed by atoms with Crippen molar-refractivity contribution in [3.05, 3.63) is 66.2 Å². The van der Waals surface area contributed by atoms with Gasteiger partial charge < -0.3 is 19.5 Å². The van der Waals surface area contributed by atoms with E-state index in [0.717, 1.165) is 20.8 Å². The van der Waals surface area contributed by atoms with Crippen LogP contribution in [0.4, 0.5) is 5.69 Å². The van der Waals surface area contributed by atoms with Gasteiger partial charge in [0, 0.05) is 16.8 Å². The van der Waals surface area contributed by atoms with Crippen LogP contribution in [0.25, 0.3) is 20.8 Å². The predicted octanol–water partition coefficient (Wildman–Crippen LogP) is 5.24. The fraction of sp³-hybridized carbons (Fsp3) is 0.130. The fourth-order valence-corrected chi connectivity index (χ4v) is 4.10. The highest BCUT2D eigenvalue weighted by Crippen LogP contribution is 2.38. The molecule has 1 heterocycles. The number of methoxy groups -OCH3 is 3. The maximum Gasteiger partial charge on any atom is 0.255 e. The summed E-state index contributed by atoms with van der Waals surface area (Å²) >= 11 is 1.62. The van der Waals surface area contributed by atoms with Gasteiger partial charge in [-0.3, -0.25) is 4.79 Å². The number of amides is 1. The summed E-state index contributed by atoms with van der Waals surface area (Å²) in [6.07, 6.45) is 0. The van der Waals surface area contributed by atoms with Crippen LogP contribution in [0, 0.1) is 0 Å². The summed E-state index contributed by atoms with van der Waals surface area (Å²) in [5.41, 5.74) is 2.98. The first-order valence-corrected chi connectivity index (χ1v) is 10.0. The first-order chi connectivity index (χ1) is 14.6. The van der Waals surface area contributed by atoms with Gasteiger partial charge in [0.05, 0.1) is 31.5 Å². The fourth-order valence-electron chi connectivity index (χ4n) is 3.14. The van der Waals surface area contributed by atoms with Crippen LogP contribution in [0.1, 0.15) is 10.4 Å². The number of carbonyl (C=O) groups excluding carboxylic acids is 1. The van der Waals surface area contributed by atoms with E-state index in [1.807, 2.05) is 48.5 Å². The number of carbonyl (C=O) groups is 1. The van der Waals surface area contributed by atoms with Crippen molar-refractivity contribution in [1.29, 1.82) is 0 Å². The maximum absolute atomic E-state index is 12.9. The van der Waals surface area contributed by atoms with Crippen molar-refractivity contribution in [2.75, 3.05) is 26.6 Å². The number of rotatable bonds is 6. The van der Waals surface area contributed by atoms with Gasteiger partial charge in [-0.1, -0.05) is 24.3 Å². The molecular formula is C23H20N2O4S. The Labute approximate surface area is 178 Å². The van der Waals surface area contributed by atoms with E-state index in [4.69, 9.17) is 14.2 Å². The summed E-state index contributed by atoms with van der Waals surface area (Å²) in [5, 5.41) is 3.83. The number of anilines is 1. The summed E-state index contributed by atoms with van der Waals surface area (Å²) in [6, 6.07) is 18.9. The van der Waals surface area contributed by atoms with E-state index < -0.39 is 0 Å². The Kier molecular flexibility index (Phi) is 5.54. The molecule has 4 rings (SSSR count). The lowest BCUT2D eigenvalue weighted by atomic mass is 10.1. The van der Waals surface area contributed by atoms with E-state index >= 15 is 0 Å².